The summed E-state index contributed by atoms with van der Waals surface area (Å²) in [5, 5.41) is 11.2. The van der Waals surface area contributed by atoms with Crippen molar-refractivity contribution in [2.45, 2.75) is 11.4 Å². The van der Waals surface area contributed by atoms with Crippen LogP contribution in [-0.2, 0) is 16.6 Å². The van der Waals surface area contributed by atoms with Crippen LogP contribution in [0.3, 0.4) is 0 Å². The second kappa shape index (κ2) is 6.16. The molecule has 1 heterocycles. The van der Waals surface area contributed by atoms with Gasteiger partial charge in [0.1, 0.15) is 16.9 Å². The Bertz CT molecular complexity index is 1210. The standard InChI is InChI=1S/C20H17NO4S/c1-21(13-14-5-4-6-15(22)11-14)26(23,24)16-9-10-20-18(12-16)17-7-2-3-8-19(17)25-20/h2-12,22H,13H2,1H3. The maximum absolute atomic E-state index is 13.0. The van der Waals surface area contributed by atoms with Crippen molar-refractivity contribution in [1.82, 2.24) is 4.31 Å². The van der Waals surface area contributed by atoms with Gasteiger partial charge >= 0.3 is 0 Å². The zero-order valence-corrected chi connectivity index (χ0v) is 14.9. The molecule has 1 N–H and O–H groups in total. The van der Waals surface area contributed by atoms with Crippen molar-refractivity contribution in [3.8, 4) is 5.75 Å². The molecule has 3 aromatic carbocycles. The minimum absolute atomic E-state index is 0.111. The molecule has 4 rings (SSSR count). The highest BCUT2D eigenvalue weighted by molar-refractivity contribution is 7.89. The lowest BCUT2D eigenvalue weighted by atomic mass is 10.1. The Kier molecular flexibility index (Phi) is 3.94. The summed E-state index contributed by atoms with van der Waals surface area (Å²) in [6, 6.07) is 19.0. The smallest absolute Gasteiger partial charge is 0.243 e. The first kappa shape index (κ1) is 16.6. The number of aromatic hydroxyl groups is 1. The third-order valence-electron chi connectivity index (χ3n) is 4.37. The van der Waals surface area contributed by atoms with E-state index in [9.17, 15) is 13.5 Å². The maximum Gasteiger partial charge on any atom is 0.243 e. The molecule has 5 nitrogen and oxygen atoms in total. The van der Waals surface area contributed by atoms with Crippen molar-refractivity contribution in [3.63, 3.8) is 0 Å². The maximum atomic E-state index is 13.0. The minimum atomic E-state index is -3.68. The number of benzene rings is 3. The average Bonchev–Trinajstić information content (AvgIpc) is 2.99. The molecular formula is C20H17NO4S. The summed E-state index contributed by atoms with van der Waals surface area (Å²) in [7, 11) is -2.15. The Hall–Kier alpha value is -2.83. The minimum Gasteiger partial charge on any atom is -0.508 e. The molecule has 4 aromatic rings. The number of phenols is 1. The summed E-state index contributed by atoms with van der Waals surface area (Å²) < 4.78 is 32.9. The van der Waals surface area contributed by atoms with Crippen LogP contribution in [0.4, 0.5) is 0 Å². The summed E-state index contributed by atoms with van der Waals surface area (Å²) in [5.41, 5.74) is 2.09. The highest BCUT2D eigenvalue weighted by atomic mass is 32.2. The van der Waals surface area contributed by atoms with Gasteiger partial charge in [-0.2, -0.15) is 4.31 Å². The molecule has 6 heteroatoms. The van der Waals surface area contributed by atoms with Gasteiger partial charge in [-0.3, -0.25) is 0 Å². The molecule has 0 saturated carbocycles. The first-order valence-corrected chi connectivity index (χ1v) is 9.55. The number of sulfonamides is 1. The van der Waals surface area contributed by atoms with E-state index in [2.05, 4.69) is 0 Å². The average molecular weight is 367 g/mol. The van der Waals surface area contributed by atoms with Crippen LogP contribution in [0.1, 0.15) is 5.56 Å². The van der Waals surface area contributed by atoms with Gasteiger partial charge in [0.25, 0.3) is 0 Å². The molecule has 26 heavy (non-hydrogen) atoms. The number of nitrogens with zero attached hydrogens (tertiary/aromatic N) is 1. The summed E-state index contributed by atoms with van der Waals surface area (Å²) in [5.74, 6) is 0.111. The molecule has 132 valence electrons. The highest BCUT2D eigenvalue weighted by Gasteiger charge is 2.22. The van der Waals surface area contributed by atoms with Gasteiger partial charge in [0.05, 0.1) is 4.90 Å². The van der Waals surface area contributed by atoms with E-state index in [1.54, 1.807) is 42.5 Å². The van der Waals surface area contributed by atoms with E-state index in [1.165, 1.54) is 11.4 Å². The van der Waals surface area contributed by atoms with Crippen LogP contribution in [-0.4, -0.2) is 24.9 Å². The summed E-state index contributed by atoms with van der Waals surface area (Å²) in [6.45, 7) is 0.168. The third kappa shape index (κ3) is 2.83. The third-order valence-corrected chi connectivity index (χ3v) is 6.17. The molecule has 0 aliphatic carbocycles. The van der Waals surface area contributed by atoms with Crippen molar-refractivity contribution >= 4 is 32.0 Å². The molecule has 0 saturated heterocycles. The van der Waals surface area contributed by atoms with Crippen LogP contribution in [0.5, 0.6) is 5.75 Å². The lowest BCUT2D eigenvalue weighted by Gasteiger charge is -2.17. The normalized spacial score (nSPS) is 12.2. The van der Waals surface area contributed by atoms with Crippen LogP contribution in [0.2, 0.25) is 0 Å². The van der Waals surface area contributed by atoms with E-state index in [4.69, 9.17) is 4.42 Å². The second-order valence-electron chi connectivity index (χ2n) is 6.19. The lowest BCUT2D eigenvalue weighted by Crippen LogP contribution is -2.26. The van der Waals surface area contributed by atoms with E-state index >= 15 is 0 Å². The van der Waals surface area contributed by atoms with Crippen molar-refractivity contribution in [3.05, 3.63) is 72.3 Å². The first-order chi connectivity index (χ1) is 12.4. The monoisotopic (exact) mass is 367 g/mol. The Morgan fingerprint density at radius 1 is 0.923 bits per heavy atom. The molecule has 0 spiro atoms. The van der Waals surface area contributed by atoms with Gasteiger partial charge in [0, 0.05) is 24.4 Å². The van der Waals surface area contributed by atoms with E-state index in [0.29, 0.717) is 11.1 Å². The first-order valence-electron chi connectivity index (χ1n) is 8.11. The number of fused-ring (bicyclic) bond motifs is 3. The van der Waals surface area contributed by atoms with Gasteiger partial charge in [0.15, 0.2) is 0 Å². The van der Waals surface area contributed by atoms with Crippen molar-refractivity contribution in [2.24, 2.45) is 0 Å². The molecule has 0 aliphatic heterocycles. The Morgan fingerprint density at radius 2 is 1.69 bits per heavy atom. The molecule has 0 fully saturated rings. The zero-order valence-electron chi connectivity index (χ0n) is 14.1. The van der Waals surface area contributed by atoms with Crippen LogP contribution < -0.4 is 0 Å². The predicted octanol–water partition coefficient (Wildman–Crippen LogP) is 4.11. The van der Waals surface area contributed by atoms with E-state index < -0.39 is 10.0 Å². The topological polar surface area (TPSA) is 70.8 Å². The van der Waals surface area contributed by atoms with Gasteiger partial charge in [-0.1, -0.05) is 30.3 Å². The molecule has 0 bridgehead atoms. The molecule has 0 unspecified atom stereocenters. The van der Waals surface area contributed by atoms with Crippen molar-refractivity contribution in [1.29, 1.82) is 0 Å². The molecule has 0 radical (unpaired) electrons. The van der Waals surface area contributed by atoms with Crippen molar-refractivity contribution in [2.75, 3.05) is 7.05 Å². The van der Waals surface area contributed by atoms with Crippen LogP contribution >= 0.6 is 0 Å². The molecule has 0 aliphatic rings. The fraction of sp³-hybridized carbons (Fsp3) is 0.100. The van der Waals surface area contributed by atoms with Gasteiger partial charge in [-0.05, 0) is 42.0 Å². The quantitative estimate of drug-likeness (QED) is 0.589. The molecular weight excluding hydrogens is 350 g/mol. The van der Waals surface area contributed by atoms with Gasteiger partial charge in [-0.15, -0.1) is 0 Å². The fourth-order valence-corrected chi connectivity index (χ4v) is 4.23. The highest BCUT2D eigenvalue weighted by Crippen LogP contribution is 2.31. The number of phenolic OH excluding ortho intramolecular Hbond substituents is 1. The van der Waals surface area contributed by atoms with E-state index in [-0.39, 0.29) is 17.2 Å². The van der Waals surface area contributed by atoms with Gasteiger partial charge < -0.3 is 9.52 Å². The number of para-hydroxylation sites is 1. The van der Waals surface area contributed by atoms with E-state index in [1.807, 2.05) is 24.3 Å². The Morgan fingerprint density at radius 3 is 2.50 bits per heavy atom. The van der Waals surface area contributed by atoms with E-state index in [0.717, 1.165) is 16.4 Å². The largest absolute Gasteiger partial charge is 0.508 e. The van der Waals surface area contributed by atoms with Crippen LogP contribution in [0, 0.1) is 0 Å². The van der Waals surface area contributed by atoms with Crippen LogP contribution in [0.15, 0.2) is 76.0 Å². The van der Waals surface area contributed by atoms with Gasteiger partial charge in [-0.25, -0.2) is 8.42 Å². The predicted molar refractivity (Wildman–Crippen MR) is 100 cm³/mol. The van der Waals surface area contributed by atoms with Crippen molar-refractivity contribution < 1.29 is 17.9 Å². The lowest BCUT2D eigenvalue weighted by molar-refractivity contribution is 0.458. The SMILES string of the molecule is CN(Cc1cccc(O)c1)S(=O)(=O)c1ccc2oc3ccccc3c2c1. The fourth-order valence-electron chi connectivity index (χ4n) is 3.04. The molecule has 1 aromatic heterocycles. The number of furan rings is 1. The molecule has 0 atom stereocenters. The molecule has 0 amide bonds. The number of rotatable bonds is 4. The summed E-state index contributed by atoms with van der Waals surface area (Å²) in [4.78, 5) is 0.208. The number of hydrogen-bond donors (Lipinski definition) is 1. The Labute approximate surface area is 151 Å². The Balaban J connectivity index is 1.73. The summed E-state index contributed by atoms with van der Waals surface area (Å²) >= 11 is 0. The number of hydrogen-bond acceptors (Lipinski definition) is 4. The van der Waals surface area contributed by atoms with Gasteiger partial charge in [0.2, 0.25) is 10.0 Å². The second-order valence-corrected chi connectivity index (χ2v) is 8.23. The summed E-state index contributed by atoms with van der Waals surface area (Å²) in [6.07, 6.45) is 0. The zero-order chi connectivity index (χ0) is 18.3. The van der Waals surface area contributed by atoms with Crippen LogP contribution in [0.25, 0.3) is 21.9 Å².